The molecule has 0 fully saturated rings. The van der Waals surface area contributed by atoms with E-state index in [0.29, 0.717) is 11.1 Å². The molecular formula is C21H16N2O2. The van der Waals surface area contributed by atoms with Crippen LogP contribution in [0.4, 0.5) is 5.69 Å². The molecule has 0 saturated carbocycles. The van der Waals surface area contributed by atoms with Crippen molar-refractivity contribution >= 4 is 27.4 Å². The molecule has 0 N–H and O–H groups in total. The SMILES string of the molecule is Cc1cc(-c2cccc3ccc4cccnc4c23)cc(C)c1[N+](=O)[O-]. The molecule has 1 aromatic heterocycles. The predicted octanol–water partition coefficient (Wildman–Crippen LogP) is 5.58. The van der Waals surface area contributed by atoms with Gasteiger partial charge in [0, 0.05) is 28.1 Å². The van der Waals surface area contributed by atoms with E-state index in [1.165, 1.54) is 0 Å². The molecule has 122 valence electrons. The third kappa shape index (κ3) is 2.43. The lowest BCUT2D eigenvalue weighted by atomic mass is 9.93. The van der Waals surface area contributed by atoms with Gasteiger partial charge in [-0.25, -0.2) is 0 Å². The molecule has 0 aliphatic heterocycles. The summed E-state index contributed by atoms with van der Waals surface area (Å²) in [5.41, 5.74) is 4.50. The van der Waals surface area contributed by atoms with E-state index in [9.17, 15) is 10.1 Å². The highest BCUT2D eigenvalue weighted by molar-refractivity contribution is 6.12. The van der Waals surface area contributed by atoms with Crippen LogP contribution in [0.15, 0.2) is 60.8 Å². The van der Waals surface area contributed by atoms with Gasteiger partial charge < -0.3 is 0 Å². The summed E-state index contributed by atoms with van der Waals surface area (Å²) in [5.74, 6) is 0. The highest BCUT2D eigenvalue weighted by Crippen LogP contribution is 2.36. The van der Waals surface area contributed by atoms with E-state index in [0.717, 1.165) is 32.8 Å². The number of nitro groups is 1. The molecule has 0 atom stereocenters. The number of rotatable bonds is 2. The summed E-state index contributed by atoms with van der Waals surface area (Å²) in [6.45, 7) is 3.58. The Morgan fingerprint density at radius 2 is 1.60 bits per heavy atom. The van der Waals surface area contributed by atoms with E-state index in [1.807, 2.05) is 30.3 Å². The second-order valence-corrected chi connectivity index (χ2v) is 6.26. The summed E-state index contributed by atoms with van der Waals surface area (Å²) in [6, 6.07) is 18.0. The fourth-order valence-electron chi connectivity index (χ4n) is 3.55. The molecule has 4 aromatic rings. The lowest BCUT2D eigenvalue weighted by molar-refractivity contribution is -0.386. The van der Waals surface area contributed by atoms with Crippen molar-refractivity contribution in [3.8, 4) is 11.1 Å². The topological polar surface area (TPSA) is 56.0 Å². The van der Waals surface area contributed by atoms with Crippen molar-refractivity contribution in [2.75, 3.05) is 0 Å². The standard InChI is InChI=1S/C21H16N2O2/c1-13-11-17(12-14(2)21(13)23(24)25)18-7-3-5-15-8-9-16-6-4-10-22-20(16)19(15)18/h3-12H,1-2H3. The number of nitro benzene ring substituents is 1. The minimum Gasteiger partial charge on any atom is -0.258 e. The third-order valence-electron chi connectivity index (χ3n) is 4.60. The summed E-state index contributed by atoms with van der Waals surface area (Å²) in [6.07, 6.45) is 1.80. The Labute approximate surface area is 144 Å². The van der Waals surface area contributed by atoms with Gasteiger partial charge in [0.15, 0.2) is 0 Å². The summed E-state index contributed by atoms with van der Waals surface area (Å²) >= 11 is 0. The minimum absolute atomic E-state index is 0.187. The molecule has 0 bridgehead atoms. The summed E-state index contributed by atoms with van der Waals surface area (Å²) in [7, 11) is 0. The molecule has 0 amide bonds. The van der Waals surface area contributed by atoms with Gasteiger partial charge in [0.1, 0.15) is 0 Å². The molecule has 0 aliphatic carbocycles. The molecule has 0 aliphatic rings. The van der Waals surface area contributed by atoms with Gasteiger partial charge in [0.2, 0.25) is 0 Å². The zero-order chi connectivity index (χ0) is 17.6. The van der Waals surface area contributed by atoms with Crippen LogP contribution >= 0.6 is 0 Å². The van der Waals surface area contributed by atoms with Crippen molar-refractivity contribution in [3.05, 3.63) is 82.0 Å². The van der Waals surface area contributed by atoms with Crippen molar-refractivity contribution in [3.63, 3.8) is 0 Å². The van der Waals surface area contributed by atoms with E-state index in [1.54, 1.807) is 20.0 Å². The number of aryl methyl sites for hydroxylation is 2. The first-order valence-corrected chi connectivity index (χ1v) is 8.09. The molecule has 25 heavy (non-hydrogen) atoms. The van der Waals surface area contributed by atoms with Crippen LogP contribution in [-0.4, -0.2) is 9.91 Å². The maximum absolute atomic E-state index is 11.3. The normalized spacial score (nSPS) is 11.1. The van der Waals surface area contributed by atoms with Gasteiger partial charge in [0.25, 0.3) is 5.69 Å². The average molecular weight is 328 g/mol. The summed E-state index contributed by atoms with van der Waals surface area (Å²) < 4.78 is 0. The number of benzene rings is 3. The van der Waals surface area contributed by atoms with Crippen LogP contribution in [0.5, 0.6) is 0 Å². The molecule has 4 heteroatoms. The van der Waals surface area contributed by atoms with Crippen molar-refractivity contribution in [2.24, 2.45) is 0 Å². The second-order valence-electron chi connectivity index (χ2n) is 6.26. The number of aromatic nitrogens is 1. The van der Waals surface area contributed by atoms with E-state index >= 15 is 0 Å². The number of hydrogen-bond donors (Lipinski definition) is 0. The van der Waals surface area contributed by atoms with Crippen molar-refractivity contribution in [2.45, 2.75) is 13.8 Å². The van der Waals surface area contributed by atoms with Gasteiger partial charge >= 0.3 is 0 Å². The Kier molecular flexibility index (Phi) is 3.46. The van der Waals surface area contributed by atoms with Crippen LogP contribution in [0.1, 0.15) is 11.1 Å². The van der Waals surface area contributed by atoms with Crippen LogP contribution in [0.25, 0.3) is 32.8 Å². The molecule has 4 rings (SSSR count). The van der Waals surface area contributed by atoms with E-state index in [4.69, 9.17) is 0 Å². The zero-order valence-corrected chi connectivity index (χ0v) is 14.0. The lowest BCUT2D eigenvalue weighted by Gasteiger charge is -2.11. The van der Waals surface area contributed by atoms with Gasteiger partial charge in [-0.15, -0.1) is 0 Å². The number of hydrogen-bond acceptors (Lipinski definition) is 3. The Balaban J connectivity index is 2.08. The van der Waals surface area contributed by atoms with Crippen molar-refractivity contribution in [1.82, 2.24) is 4.98 Å². The first-order valence-electron chi connectivity index (χ1n) is 8.09. The van der Waals surface area contributed by atoms with Crippen molar-refractivity contribution < 1.29 is 4.92 Å². The highest BCUT2D eigenvalue weighted by Gasteiger charge is 2.17. The van der Waals surface area contributed by atoms with Crippen molar-refractivity contribution in [1.29, 1.82) is 0 Å². The molecule has 0 unspecified atom stereocenters. The van der Waals surface area contributed by atoms with Gasteiger partial charge in [-0.2, -0.15) is 0 Å². The fraction of sp³-hybridized carbons (Fsp3) is 0.0952. The summed E-state index contributed by atoms with van der Waals surface area (Å²) in [5, 5.41) is 14.5. The quantitative estimate of drug-likeness (QED) is 0.274. The number of nitrogens with zero attached hydrogens (tertiary/aromatic N) is 2. The van der Waals surface area contributed by atoms with E-state index in [-0.39, 0.29) is 10.6 Å². The Hall–Kier alpha value is -3.27. The first-order chi connectivity index (χ1) is 12.1. The molecule has 0 radical (unpaired) electrons. The molecule has 1 heterocycles. The maximum atomic E-state index is 11.3. The monoisotopic (exact) mass is 328 g/mol. The molecular weight excluding hydrogens is 312 g/mol. The van der Waals surface area contributed by atoms with Gasteiger partial charge in [0.05, 0.1) is 10.4 Å². The maximum Gasteiger partial charge on any atom is 0.275 e. The average Bonchev–Trinajstić information content (AvgIpc) is 2.60. The van der Waals surface area contributed by atoms with Gasteiger partial charge in [-0.1, -0.05) is 36.4 Å². The van der Waals surface area contributed by atoms with Gasteiger partial charge in [-0.3, -0.25) is 15.1 Å². The Bertz CT molecular complexity index is 1130. The van der Waals surface area contributed by atoms with E-state index in [2.05, 4.69) is 29.2 Å². The molecule has 4 nitrogen and oxygen atoms in total. The first kappa shape index (κ1) is 15.3. The van der Waals surface area contributed by atoms with Crippen LogP contribution in [0.3, 0.4) is 0 Å². The highest BCUT2D eigenvalue weighted by atomic mass is 16.6. The van der Waals surface area contributed by atoms with E-state index < -0.39 is 0 Å². The smallest absolute Gasteiger partial charge is 0.258 e. The van der Waals surface area contributed by atoms with Crippen LogP contribution in [0, 0.1) is 24.0 Å². The zero-order valence-electron chi connectivity index (χ0n) is 14.0. The van der Waals surface area contributed by atoms with Crippen LogP contribution < -0.4 is 0 Å². The van der Waals surface area contributed by atoms with Crippen LogP contribution in [0.2, 0.25) is 0 Å². The Morgan fingerprint density at radius 1 is 0.920 bits per heavy atom. The predicted molar refractivity (Wildman–Crippen MR) is 101 cm³/mol. The fourth-order valence-corrected chi connectivity index (χ4v) is 3.55. The molecule has 3 aromatic carbocycles. The molecule has 0 spiro atoms. The third-order valence-corrected chi connectivity index (χ3v) is 4.60. The summed E-state index contributed by atoms with van der Waals surface area (Å²) in [4.78, 5) is 15.5. The minimum atomic E-state index is -0.311. The Morgan fingerprint density at radius 3 is 2.32 bits per heavy atom. The molecule has 0 saturated heterocycles. The number of fused-ring (bicyclic) bond motifs is 3. The largest absolute Gasteiger partial charge is 0.275 e. The second kappa shape index (κ2) is 5.67. The lowest BCUT2D eigenvalue weighted by Crippen LogP contribution is -1.96. The van der Waals surface area contributed by atoms with Gasteiger partial charge in [-0.05, 0) is 48.6 Å². The number of pyridine rings is 1. The van der Waals surface area contributed by atoms with Crippen LogP contribution in [-0.2, 0) is 0 Å².